The van der Waals surface area contributed by atoms with Crippen LogP contribution < -0.4 is 5.32 Å². The first-order chi connectivity index (χ1) is 7.27. The van der Waals surface area contributed by atoms with E-state index in [1.165, 1.54) is 0 Å². The zero-order valence-corrected chi connectivity index (χ0v) is 11.0. The van der Waals surface area contributed by atoms with Gasteiger partial charge in [0.25, 0.3) is 0 Å². The van der Waals surface area contributed by atoms with Gasteiger partial charge in [-0.2, -0.15) is 0 Å². The maximum Gasteiger partial charge on any atom is 0.223 e. The molecule has 0 spiro atoms. The van der Waals surface area contributed by atoms with E-state index in [4.69, 9.17) is 0 Å². The summed E-state index contributed by atoms with van der Waals surface area (Å²) in [6.07, 6.45) is 1.44. The van der Waals surface area contributed by atoms with Gasteiger partial charge in [0, 0.05) is 12.3 Å². The van der Waals surface area contributed by atoms with Gasteiger partial charge in [0.15, 0.2) is 5.78 Å². The summed E-state index contributed by atoms with van der Waals surface area (Å²) >= 11 is 0. The molecule has 1 rings (SSSR count). The van der Waals surface area contributed by atoms with Crippen LogP contribution in [0, 0.1) is 17.3 Å². The lowest BCUT2D eigenvalue weighted by molar-refractivity contribution is -0.130. The van der Waals surface area contributed by atoms with Crippen molar-refractivity contribution in [2.24, 2.45) is 17.3 Å². The highest BCUT2D eigenvalue weighted by molar-refractivity contribution is 5.91. The van der Waals surface area contributed by atoms with Crippen molar-refractivity contribution < 1.29 is 9.59 Å². The summed E-state index contributed by atoms with van der Waals surface area (Å²) in [7, 11) is 0. The maximum atomic E-state index is 11.8. The highest BCUT2D eigenvalue weighted by atomic mass is 16.2. The van der Waals surface area contributed by atoms with Gasteiger partial charge in [-0.1, -0.05) is 34.6 Å². The van der Waals surface area contributed by atoms with Crippen LogP contribution >= 0.6 is 0 Å². The van der Waals surface area contributed by atoms with Gasteiger partial charge < -0.3 is 5.32 Å². The fraction of sp³-hybridized carbons (Fsp3) is 0.846. The van der Waals surface area contributed by atoms with E-state index in [2.05, 4.69) is 12.2 Å². The molecule has 16 heavy (non-hydrogen) atoms. The minimum Gasteiger partial charge on any atom is -0.346 e. The maximum absolute atomic E-state index is 11.8. The zero-order chi connectivity index (χ0) is 12.5. The quantitative estimate of drug-likeness (QED) is 0.797. The van der Waals surface area contributed by atoms with Crippen molar-refractivity contribution in [3.8, 4) is 0 Å². The highest BCUT2D eigenvalue weighted by Crippen LogP contribution is 2.38. The summed E-state index contributed by atoms with van der Waals surface area (Å²) in [5, 5.41) is 2.91. The predicted molar refractivity (Wildman–Crippen MR) is 64.0 cm³/mol. The molecule has 3 atom stereocenters. The second-order valence-electron chi connectivity index (χ2n) is 5.95. The first kappa shape index (κ1) is 13.2. The molecule has 2 unspecified atom stereocenters. The zero-order valence-electron chi connectivity index (χ0n) is 11.0. The number of hydrogen-bond acceptors (Lipinski definition) is 2. The van der Waals surface area contributed by atoms with Crippen molar-refractivity contribution in [3.05, 3.63) is 0 Å². The van der Waals surface area contributed by atoms with Crippen LogP contribution in [0.3, 0.4) is 0 Å². The Kier molecular flexibility index (Phi) is 3.76. The van der Waals surface area contributed by atoms with E-state index in [0.717, 1.165) is 6.42 Å². The lowest BCUT2D eigenvalue weighted by atomic mass is 9.83. The second kappa shape index (κ2) is 4.56. The van der Waals surface area contributed by atoms with Crippen LogP contribution in [0.1, 0.15) is 47.5 Å². The van der Waals surface area contributed by atoms with Gasteiger partial charge in [-0.25, -0.2) is 0 Å². The third-order valence-corrected chi connectivity index (χ3v) is 3.27. The molecular formula is C13H23NO2. The van der Waals surface area contributed by atoms with Crippen LogP contribution in [-0.2, 0) is 9.59 Å². The molecule has 1 fully saturated rings. The highest BCUT2D eigenvalue weighted by Gasteiger charge is 2.41. The van der Waals surface area contributed by atoms with E-state index >= 15 is 0 Å². The number of hydrogen-bond donors (Lipinski definition) is 1. The number of carbonyl (C=O) groups is 2. The van der Waals surface area contributed by atoms with Gasteiger partial charge in [0.1, 0.15) is 0 Å². The topological polar surface area (TPSA) is 46.2 Å². The molecule has 1 amide bonds. The standard InChI is InChI=1S/C13H23NO2/c1-6-10(15)11(13(3,4)5)14-12(16)9-7-8(9)2/h8-9,11H,6-7H2,1-5H3,(H,14,16)/t8-,9?,11?/m1/s1. The molecule has 1 aliphatic rings. The summed E-state index contributed by atoms with van der Waals surface area (Å²) in [5.41, 5.74) is -0.207. The third-order valence-electron chi connectivity index (χ3n) is 3.27. The molecule has 0 heterocycles. The summed E-state index contributed by atoms with van der Waals surface area (Å²) < 4.78 is 0. The van der Waals surface area contributed by atoms with Crippen LogP contribution in [-0.4, -0.2) is 17.7 Å². The van der Waals surface area contributed by atoms with Crippen LogP contribution in [0.4, 0.5) is 0 Å². The minimum atomic E-state index is -0.349. The fourth-order valence-electron chi connectivity index (χ4n) is 1.92. The SMILES string of the molecule is CCC(=O)C(NC(=O)C1C[C@H]1C)C(C)(C)C. The molecule has 92 valence electrons. The number of Topliss-reactive ketones (excluding diaryl/α,β-unsaturated/α-hetero) is 1. The molecule has 1 N–H and O–H groups in total. The molecule has 0 aromatic heterocycles. The van der Waals surface area contributed by atoms with Crippen molar-refractivity contribution in [2.75, 3.05) is 0 Å². The number of nitrogens with one attached hydrogen (secondary N) is 1. The number of carbonyl (C=O) groups excluding carboxylic acids is 2. The first-order valence-electron chi connectivity index (χ1n) is 6.10. The van der Waals surface area contributed by atoms with Crippen molar-refractivity contribution in [1.29, 1.82) is 0 Å². The molecule has 3 nitrogen and oxygen atoms in total. The van der Waals surface area contributed by atoms with Crippen LogP contribution in [0.2, 0.25) is 0 Å². The lowest BCUT2D eigenvalue weighted by Crippen LogP contribution is -2.49. The van der Waals surface area contributed by atoms with Gasteiger partial charge in [-0.3, -0.25) is 9.59 Å². The average molecular weight is 225 g/mol. The monoisotopic (exact) mass is 225 g/mol. The van der Waals surface area contributed by atoms with Gasteiger partial charge in [-0.05, 0) is 17.8 Å². The Bertz CT molecular complexity index is 291. The Morgan fingerprint density at radius 1 is 1.38 bits per heavy atom. The molecule has 1 saturated carbocycles. The summed E-state index contributed by atoms with van der Waals surface area (Å²) in [4.78, 5) is 23.6. The first-order valence-corrected chi connectivity index (χ1v) is 6.10. The Morgan fingerprint density at radius 3 is 2.19 bits per heavy atom. The Morgan fingerprint density at radius 2 is 1.88 bits per heavy atom. The van der Waals surface area contributed by atoms with Crippen molar-refractivity contribution in [1.82, 2.24) is 5.32 Å². The lowest BCUT2D eigenvalue weighted by Gasteiger charge is -2.30. The van der Waals surface area contributed by atoms with Gasteiger partial charge in [0.2, 0.25) is 5.91 Å². The third kappa shape index (κ3) is 3.06. The van der Waals surface area contributed by atoms with Crippen LogP contribution in [0.25, 0.3) is 0 Å². The van der Waals surface area contributed by atoms with Crippen molar-refractivity contribution in [2.45, 2.75) is 53.5 Å². The second-order valence-corrected chi connectivity index (χ2v) is 5.95. The number of ketones is 1. The van der Waals surface area contributed by atoms with E-state index in [1.54, 1.807) is 0 Å². The van der Waals surface area contributed by atoms with Gasteiger partial charge in [-0.15, -0.1) is 0 Å². The molecule has 0 radical (unpaired) electrons. The Balaban J connectivity index is 2.64. The molecule has 1 aliphatic carbocycles. The number of rotatable bonds is 4. The van der Waals surface area contributed by atoms with Crippen molar-refractivity contribution >= 4 is 11.7 Å². The molecule has 0 aliphatic heterocycles. The number of amides is 1. The smallest absolute Gasteiger partial charge is 0.223 e. The summed E-state index contributed by atoms with van der Waals surface area (Å²) in [6, 6.07) is -0.349. The summed E-state index contributed by atoms with van der Waals surface area (Å²) in [5.74, 6) is 0.787. The van der Waals surface area contributed by atoms with Gasteiger partial charge in [0.05, 0.1) is 6.04 Å². The molecule has 0 bridgehead atoms. The molecule has 0 aromatic carbocycles. The molecular weight excluding hydrogens is 202 g/mol. The normalized spacial score (nSPS) is 26.1. The largest absolute Gasteiger partial charge is 0.346 e. The fourth-order valence-corrected chi connectivity index (χ4v) is 1.92. The van der Waals surface area contributed by atoms with E-state index < -0.39 is 0 Å². The molecule has 0 saturated heterocycles. The van der Waals surface area contributed by atoms with E-state index in [0.29, 0.717) is 12.3 Å². The molecule has 0 aromatic rings. The predicted octanol–water partition coefficient (Wildman–Crippen LogP) is 2.15. The summed E-state index contributed by atoms with van der Waals surface area (Å²) in [6.45, 7) is 9.87. The van der Waals surface area contributed by atoms with E-state index in [-0.39, 0.29) is 29.1 Å². The van der Waals surface area contributed by atoms with Crippen LogP contribution in [0.5, 0.6) is 0 Å². The minimum absolute atomic E-state index is 0.0502. The Labute approximate surface area is 98.0 Å². The van der Waals surface area contributed by atoms with E-state index in [1.807, 2.05) is 27.7 Å². The van der Waals surface area contributed by atoms with E-state index in [9.17, 15) is 9.59 Å². The Hall–Kier alpha value is -0.860. The van der Waals surface area contributed by atoms with Crippen LogP contribution in [0.15, 0.2) is 0 Å². The van der Waals surface area contributed by atoms with Gasteiger partial charge >= 0.3 is 0 Å². The average Bonchev–Trinajstić information content (AvgIpc) is 2.88. The molecule has 3 heteroatoms. The van der Waals surface area contributed by atoms with Crippen molar-refractivity contribution in [3.63, 3.8) is 0 Å².